The van der Waals surface area contributed by atoms with Gasteiger partial charge >= 0.3 is 0 Å². The van der Waals surface area contributed by atoms with Crippen molar-refractivity contribution < 1.29 is 13.5 Å². The maximum absolute atomic E-state index is 11.3. The molecule has 2 heterocycles. The first-order chi connectivity index (χ1) is 7.91. The van der Waals surface area contributed by atoms with E-state index in [0.29, 0.717) is 11.7 Å². The van der Waals surface area contributed by atoms with Crippen LogP contribution in [0.2, 0.25) is 0 Å². The second kappa shape index (κ2) is 4.89. The first-order valence-corrected chi connectivity index (χ1v) is 8.67. The van der Waals surface area contributed by atoms with Crippen LogP contribution in [0.15, 0.2) is 14.5 Å². The van der Waals surface area contributed by atoms with Crippen molar-refractivity contribution >= 4 is 33.1 Å². The van der Waals surface area contributed by atoms with E-state index in [0.717, 1.165) is 22.6 Å². The molecule has 0 saturated heterocycles. The van der Waals surface area contributed by atoms with Crippen molar-refractivity contribution in [2.75, 3.05) is 0 Å². The summed E-state index contributed by atoms with van der Waals surface area (Å²) in [5, 5.41) is 15.5. The van der Waals surface area contributed by atoms with Crippen molar-refractivity contribution in [1.29, 1.82) is 0 Å². The Hall–Kier alpha value is -0.0800. The lowest BCUT2D eigenvalue weighted by Gasteiger charge is -2.25. The minimum Gasteiger partial charge on any atom is -0.388 e. The number of nitrogens with two attached hydrogens (primary N) is 1. The largest absolute Gasteiger partial charge is 0.388 e. The third-order valence-corrected chi connectivity index (χ3v) is 6.83. The highest BCUT2D eigenvalue weighted by Crippen LogP contribution is 2.47. The lowest BCUT2D eigenvalue weighted by atomic mass is 10.1. The average Bonchev–Trinajstić information content (AvgIpc) is 2.61. The van der Waals surface area contributed by atoms with Gasteiger partial charge in [-0.15, -0.1) is 23.1 Å². The average molecular weight is 293 g/mol. The van der Waals surface area contributed by atoms with Crippen molar-refractivity contribution in [1.82, 2.24) is 0 Å². The van der Waals surface area contributed by atoms with Gasteiger partial charge in [0.25, 0.3) is 0 Å². The van der Waals surface area contributed by atoms with Crippen LogP contribution in [-0.2, 0) is 10.0 Å². The molecule has 17 heavy (non-hydrogen) atoms. The Morgan fingerprint density at radius 1 is 1.59 bits per heavy atom. The third-order valence-electron chi connectivity index (χ3n) is 2.71. The maximum atomic E-state index is 11.3. The fraction of sp³-hybridized carbons (Fsp3) is 0.600. The predicted octanol–water partition coefficient (Wildman–Crippen LogP) is 2.09. The van der Waals surface area contributed by atoms with Crippen molar-refractivity contribution in [3.8, 4) is 0 Å². The molecule has 1 aliphatic heterocycles. The molecule has 0 bridgehead atoms. The van der Waals surface area contributed by atoms with Gasteiger partial charge in [-0.05, 0) is 18.9 Å². The highest BCUT2D eigenvalue weighted by atomic mass is 32.3. The summed E-state index contributed by atoms with van der Waals surface area (Å²) in [5.41, 5.74) is 0.719. The van der Waals surface area contributed by atoms with Gasteiger partial charge in [0.2, 0.25) is 10.0 Å². The zero-order valence-corrected chi connectivity index (χ0v) is 11.9. The standard InChI is InChI=1S/C10H15NO3S3/c1-2-3-6-4-8(12)7-5-9(17(11,13)14)16-10(7)15-6/h5-6,8,12H,2-4H2,1H3,(H2,11,13,14). The first-order valence-electron chi connectivity index (χ1n) is 5.43. The molecule has 0 radical (unpaired) electrons. The lowest BCUT2D eigenvalue weighted by molar-refractivity contribution is 0.161. The van der Waals surface area contributed by atoms with Crippen LogP contribution >= 0.6 is 23.1 Å². The van der Waals surface area contributed by atoms with Crippen molar-refractivity contribution in [2.45, 2.75) is 46.0 Å². The number of thiophene rings is 1. The molecule has 1 aromatic rings. The summed E-state index contributed by atoms with van der Waals surface area (Å²) in [6.45, 7) is 2.10. The third kappa shape index (κ3) is 2.85. The molecule has 0 spiro atoms. The van der Waals surface area contributed by atoms with Gasteiger partial charge in [0.05, 0.1) is 10.3 Å². The van der Waals surface area contributed by atoms with Crippen LogP contribution in [0.4, 0.5) is 0 Å². The fourth-order valence-electron chi connectivity index (χ4n) is 1.90. The summed E-state index contributed by atoms with van der Waals surface area (Å²) in [6.07, 6.45) is 2.22. The molecule has 1 aromatic heterocycles. The van der Waals surface area contributed by atoms with Gasteiger partial charge in [-0.2, -0.15) is 0 Å². The number of primary sulfonamides is 1. The van der Waals surface area contributed by atoms with Crippen molar-refractivity contribution in [3.05, 3.63) is 11.6 Å². The molecule has 0 aliphatic carbocycles. The van der Waals surface area contributed by atoms with E-state index in [1.807, 2.05) is 0 Å². The number of fused-ring (bicyclic) bond motifs is 1. The second-order valence-corrected chi connectivity index (χ2v) is 8.54. The zero-order valence-electron chi connectivity index (χ0n) is 9.42. The summed E-state index contributed by atoms with van der Waals surface area (Å²) < 4.78 is 23.6. The van der Waals surface area contributed by atoms with Crippen molar-refractivity contribution in [3.63, 3.8) is 0 Å². The van der Waals surface area contributed by atoms with E-state index in [1.54, 1.807) is 11.8 Å². The zero-order chi connectivity index (χ0) is 12.6. The van der Waals surface area contributed by atoms with Crippen LogP contribution in [-0.4, -0.2) is 18.8 Å². The Balaban J connectivity index is 2.32. The van der Waals surface area contributed by atoms with Crippen molar-refractivity contribution in [2.24, 2.45) is 5.14 Å². The molecule has 0 aromatic carbocycles. The topological polar surface area (TPSA) is 80.4 Å². The SMILES string of the molecule is CCCC1CC(O)c2cc(S(N)(=O)=O)sc2S1. The molecule has 1 aliphatic rings. The van der Waals surface area contributed by atoms with Gasteiger partial charge < -0.3 is 5.11 Å². The molecule has 3 N–H and O–H groups in total. The van der Waals surface area contributed by atoms with E-state index in [-0.39, 0.29) is 4.21 Å². The monoisotopic (exact) mass is 293 g/mol. The van der Waals surface area contributed by atoms with E-state index in [1.165, 1.54) is 17.4 Å². The quantitative estimate of drug-likeness (QED) is 0.894. The molecular weight excluding hydrogens is 278 g/mol. The Morgan fingerprint density at radius 3 is 2.88 bits per heavy atom. The number of thioether (sulfide) groups is 1. The summed E-state index contributed by atoms with van der Waals surface area (Å²) >= 11 is 2.83. The highest BCUT2D eigenvalue weighted by molar-refractivity contribution is 8.02. The number of hydrogen-bond donors (Lipinski definition) is 2. The minimum absolute atomic E-state index is 0.145. The Bertz CT molecular complexity index is 509. The van der Waals surface area contributed by atoms with Gasteiger partial charge in [0, 0.05) is 10.8 Å². The van der Waals surface area contributed by atoms with Crippen LogP contribution in [0.5, 0.6) is 0 Å². The molecular formula is C10H15NO3S3. The van der Waals surface area contributed by atoms with Crippen LogP contribution in [0.3, 0.4) is 0 Å². The Kier molecular flexibility index (Phi) is 3.84. The van der Waals surface area contributed by atoms with Gasteiger partial charge in [0.1, 0.15) is 4.21 Å². The molecule has 2 rings (SSSR count). The van der Waals surface area contributed by atoms with Gasteiger partial charge in [-0.1, -0.05) is 13.3 Å². The fourth-order valence-corrected chi connectivity index (χ4v) is 5.89. The van der Waals surface area contributed by atoms with E-state index < -0.39 is 16.1 Å². The van der Waals surface area contributed by atoms with Gasteiger partial charge in [-0.3, -0.25) is 0 Å². The molecule has 0 amide bonds. The molecule has 0 saturated carbocycles. The van der Waals surface area contributed by atoms with Gasteiger partial charge in [0.15, 0.2) is 0 Å². The predicted molar refractivity (Wildman–Crippen MR) is 69.8 cm³/mol. The summed E-state index contributed by atoms with van der Waals surface area (Å²) in [6, 6.07) is 1.51. The molecule has 4 nitrogen and oxygen atoms in total. The summed E-state index contributed by atoms with van der Waals surface area (Å²) in [7, 11) is -3.66. The normalized spacial score (nSPS) is 24.6. The number of aliphatic hydroxyl groups is 1. The molecule has 7 heteroatoms. The number of sulfonamides is 1. The van der Waals surface area contributed by atoms with E-state index in [2.05, 4.69) is 6.92 Å². The molecule has 96 valence electrons. The van der Waals surface area contributed by atoms with Crippen LogP contribution in [0.1, 0.15) is 37.9 Å². The maximum Gasteiger partial charge on any atom is 0.247 e. The Labute approximate surface area is 109 Å². The number of rotatable bonds is 3. The second-order valence-electron chi connectivity index (χ2n) is 4.13. The van der Waals surface area contributed by atoms with E-state index >= 15 is 0 Å². The lowest BCUT2D eigenvalue weighted by Crippen LogP contribution is -2.14. The van der Waals surface area contributed by atoms with E-state index in [4.69, 9.17) is 5.14 Å². The number of hydrogen-bond acceptors (Lipinski definition) is 5. The molecule has 0 fully saturated rings. The summed E-state index contributed by atoms with van der Waals surface area (Å²) in [4.78, 5) is 0. The highest BCUT2D eigenvalue weighted by Gasteiger charge is 2.29. The van der Waals surface area contributed by atoms with Crippen LogP contribution < -0.4 is 5.14 Å². The summed E-state index contributed by atoms with van der Waals surface area (Å²) in [5.74, 6) is 0. The van der Waals surface area contributed by atoms with Crippen LogP contribution in [0, 0.1) is 0 Å². The molecule has 2 unspecified atom stereocenters. The minimum atomic E-state index is -3.66. The van der Waals surface area contributed by atoms with Gasteiger partial charge in [-0.25, -0.2) is 13.6 Å². The first kappa shape index (κ1) is 13.4. The Morgan fingerprint density at radius 2 is 2.29 bits per heavy atom. The van der Waals surface area contributed by atoms with E-state index in [9.17, 15) is 13.5 Å². The number of aliphatic hydroxyl groups excluding tert-OH is 1. The molecule has 2 atom stereocenters. The smallest absolute Gasteiger partial charge is 0.247 e. The van der Waals surface area contributed by atoms with Crippen LogP contribution in [0.25, 0.3) is 0 Å².